The molecular formula is C49H85O13P. The van der Waals surface area contributed by atoms with Gasteiger partial charge in [-0.1, -0.05) is 152 Å². The van der Waals surface area contributed by atoms with Crippen LogP contribution in [0.2, 0.25) is 0 Å². The molecule has 0 amide bonds. The molecule has 1 fully saturated rings. The predicted octanol–water partition coefficient (Wildman–Crippen LogP) is 9.73. The molecule has 1 aliphatic carbocycles. The number of phosphoric ester groups is 1. The van der Waals surface area contributed by atoms with Gasteiger partial charge in [0.25, 0.3) is 0 Å². The van der Waals surface area contributed by atoms with Crippen LogP contribution in [0.1, 0.15) is 181 Å². The van der Waals surface area contributed by atoms with Crippen LogP contribution in [0.5, 0.6) is 0 Å². The summed E-state index contributed by atoms with van der Waals surface area (Å²) in [5, 5.41) is 50.2. The van der Waals surface area contributed by atoms with Gasteiger partial charge in [0.2, 0.25) is 0 Å². The van der Waals surface area contributed by atoms with Crippen LogP contribution in [0.4, 0.5) is 0 Å². The van der Waals surface area contributed by atoms with Crippen LogP contribution >= 0.6 is 7.82 Å². The maximum Gasteiger partial charge on any atom is 0.472 e. The van der Waals surface area contributed by atoms with Gasteiger partial charge in [-0.25, -0.2) is 4.57 Å². The number of rotatable bonds is 39. The van der Waals surface area contributed by atoms with Crippen LogP contribution in [0.25, 0.3) is 0 Å². The predicted molar refractivity (Wildman–Crippen MR) is 249 cm³/mol. The summed E-state index contributed by atoms with van der Waals surface area (Å²) in [6.07, 6.45) is 34.2. The van der Waals surface area contributed by atoms with Crippen LogP contribution in [-0.2, 0) is 32.7 Å². The van der Waals surface area contributed by atoms with Crippen molar-refractivity contribution < 1.29 is 63.1 Å². The topological polar surface area (TPSA) is 210 Å². The van der Waals surface area contributed by atoms with Gasteiger partial charge in [-0.15, -0.1) is 0 Å². The molecule has 1 rings (SSSR count). The Bertz CT molecular complexity index is 1330. The summed E-state index contributed by atoms with van der Waals surface area (Å²) in [5.74, 6) is -1.17. The van der Waals surface area contributed by atoms with Crippen LogP contribution in [0, 0.1) is 0 Å². The Labute approximate surface area is 379 Å². The highest BCUT2D eigenvalue weighted by Gasteiger charge is 2.51. The molecule has 364 valence electrons. The minimum atomic E-state index is -5.14. The number of esters is 2. The van der Waals surface area contributed by atoms with E-state index in [-0.39, 0.29) is 12.8 Å². The SMILES string of the molecule is CCCCC/C=C/C/C=C/C/C=C/C/C=C/CCCC(=O)O[C@@H](COC(=O)CCCCCCCCC/C=C/CCCCCCCC)COP(=O)(O)OC1C(O)C(O)C(O)[C@H](O)C1O. The Morgan fingerprint density at radius 2 is 0.873 bits per heavy atom. The molecule has 6 N–H and O–H groups in total. The summed E-state index contributed by atoms with van der Waals surface area (Å²) in [5.41, 5.74) is 0. The molecule has 0 bridgehead atoms. The monoisotopic (exact) mass is 913 g/mol. The highest BCUT2D eigenvalue weighted by atomic mass is 31.2. The number of hydrogen-bond acceptors (Lipinski definition) is 12. The van der Waals surface area contributed by atoms with Gasteiger partial charge >= 0.3 is 19.8 Å². The molecular weight excluding hydrogens is 828 g/mol. The molecule has 0 spiro atoms. The zero-order valence-corrected chi connectivity index (χ0v) is 39.5. The first-order valence-corrected chi connectivity index (χ1v) is 25.6. The van der Waals surface area contributed by atoms with E-state index in [0.717, 1.165) is 57.8 Å². The van der Waals surface area contributed by atoms with E-state index in [1.54, 1.807) is 0 Å². The molecule has 6 unspecified atom stereocenters. The highest BCUT2D eigenvalue weighted by molar-refractivity contribution is 7.47. The molecule has 0 aromatic heterocycles. The summed E-state index contributed by atoms with van der Waals surface area (Å²) >= 11 is 0. The summed E-state index contributed by atoms with van der Waals surface area (Å²) in [4.78, 5) is 35.7. The Morgan fingerprint density at radius 3 is 1.40 bits per heavy atom. The van der Waals surface area contributed by atoms with Crippen molar-refractivity contribution in [1.82, 2.24) is 0 Å². The van der Waals surface area contributed by atoms with Crippen molar-refractivity contribution in [3.63, 3.8) is 0 Å². The molecule has 0 aromatic carbocycles. The van der Waals surface area contributed by atoms with E-state index in [1.807, 2.05) is 12.2 Å². The van der Waals surface area contributed by atoms with Crippen molar-refractivity contribution in [3.8, 4) is 0 Å². The fourth-order valence-electron chi connectivity index (χ4n) is 6.92. The lowest BCUT2D eigenvalue weighted by Crippen LogP contribution is -2.64. The average molecular weight is 913 g/mol. The van der Waals surface area contributed by atoms with E-state index < -0.39 is 75.7 Å². The van der Waals surface area contributed by atoms with Gasteiger partial charge in [-0.05, 0) is 77.0 Å². The second kappa shape index (κ2) is 38.8. The van der Waals surface area contributed by atoms with E-state index in [4.69, 9.17) is 18.5 Å². The van der Waals surface area contributed by atoms with Gasteiger partial charge in [0, 0.05) is 12.8 Å². The first-order chi connectivity index (χ1) is 30.4. The van der Waals surface area contributed by atoms with Gasteiger partial charge < -0.3 is 39.9 Å². The number of allylic oxidation sites excluding steroid dienone is 10. The number of carbonyl (C=O) groups excluding carboxylic acids is 2. The fourth-order valence-corrected chi connectivity index (χ4v) is 7.89. The van der Waals surface area contributed by atoms with Crippen LogP contribution in [-0.4, -0.2) is 98.3 Å². The summed E-state index contributed by atoms with van der Waals surface area (Å²) < 4.78 is 33.5. The van der Waals surface area contributed by atoms with E-state index >= 15 is 0 Å². The minimum Gasteiger partial charge on any atom is -0.462 e. The minimum absolute atomic E-state index is 0.0181. The first kappa shape index (κ1) is 58.6. The maximum absolute atomic E-state index is 12.8. The standard InChI is InChI=1S/C49H85O13P/c1-3-5-7-9-11-13-15-17-19-21-23-25-27-29-31-33-35-37-42(50)59-39-41(40-60-63(57,58)62-49-47(55)45(53)44(52)46(54)48(49)56)61-43(51)38-36-34-32-30-28-26-24-22-20-18-16-14-12-10-8-6-4-2/h12,14,17-20,24,26,30,32,41,44-49,52-56H,3-11,13,15-16,21-23,25,27-29,31,33-40H2,1-2H3,(H,57,58)/b14-12+,19-17+,20-18+,26-24+,32-30+/t41-,44?,45-,46?,47?,48?,49?/m0/s1. The number of phosphoric acid groups is 1. The number of carbonyl (C=O) groups is 2. The van der Waals surface area contributed by atoms with Crippen molar-refractivity contribution in [2.45, 2.75) is 224 Å². The molecule has 1 saturated carbocycles. The molecule has 13 nitrogen and oxygen atoms in total. The third kappa shape index (κ3) is 31.2. The van der Waals surface area contributed by atoms with Gasteiger partial charge in [0.15, 0.2) is 6.10 Å². The molecule has 8 atom stereocenters. The summed E-state index contributed by atoms with van der Waals surface area (Å²) in [7, 11) is -5.14. The smallest absolute Gasteiger partial charge is 0.462 e. The number of aliphatic hydroxyl groups is 5. The average Bonchev–Trinajstić information content (AvgIpc) is 3.26. The van der Waals surface area contributed by atoms with Crippen LogP contribution in [0.3, 0.4) is 0 Å². The lowest BCUT2D eigenvalue weighted by molar-refractivity contribution is -0.220. The Morgan fingerprint density at radius 1 is 0.492 bits per heavy atom. The lowest BCUT2D eigenvalue weighted by atomic mass is 9.85. The highest BCUT2D eigenvalue weighted by Crippen LogP contribution is 2.47. The summed E-state index contributed by atoms with van der Waals surface area (Å²) in [6.45, 7) is 3.22. The van der Waals surface area contributed by atoms with Gasteiger partial charge in [-0.2, -0.15) is 0 Å². The Kier molecular flexibility index (Phi) is 36.1. The van der Waals surface area contributed by atoms with Crippen molar-refractivity contribution in [1.29, 1.82) is 0 Å². The Balaban J connectivity index is 2.49. The second-order valence-corrected chi connectivity index (χ2v) is 18.0. The second-order valence-electron chi connectivity index (χ2n) is 16.6. The normalized spacial score (nSPS) is 22.2. The lowest BCUT2D eigenvalue weighted by Gasteiger charge is -2.41. The third-order valence-electron chi connectivity index (χ3n) is 10.8. The van der Waals surface area contributed by atoms with Gasteiger partial charge in [0.1, 0.15) is 43.2 Å². The van der Waals surface area contributed by atoms with Gasteiger partial charge in [0.05, 0.1) is 6.61 Å². The van der Waals surface area contributed by atoms with Crippen molar-refractivity contribution >= 4 is 19.8 Å². The van der Waals surface area contributed by atoms with Gasteiger partial charge in [-0.3, -0.25) is 18.6 Å². The third-order valence-corrected chi connectivity index (χ3v) is 11.8. The summed E-state index contributed by atoms with van der Waals surface area (Å²) in [6, 6.07) is 0. The largest absolute Gasteiger partial charge is 0.472 e. The molecule has 0 aliphatic heterocycles. The van der Waals surface area contributed by atoms with Crippen LogP contribution in [0.15, 0.2) is 60.8 Å². The maximum atomic E-state index is 12.8. The number of unbranched alkanes of at least 4 members (excludes halogenated alkanes) is 17. The number of hydrogen-bond donors (Lipinski definition) is 6. The van der Waals surface area contributed by atoms with E-state index in [0.29, 0.717) is 19.3 Å². The molecule has 0 radical (unpaired) electrons. The number of ether oxygens (including phenoxy) is 2. The van der Waals surface area contributed by atoms with E-state index in [2.05, 4.69) is 62.5 Å². The fraction of sp³-hybridized carbons (Fsp3) is 0.755. The van der Waals surface area contributed by atoms with Crippen molar-refractivity contribution in [2.75, 3.05) is 13.2 Å². The molecule has 14 heteroatoms. The van der Waals surface area contributed by atoms with Crippen molar-refractivity contribution in [2.24, 2.45) is 0 Å². The first-order valence-electron chi connectivity index (χ1n) is 24.1. The molecule has 0 saturated heterocycles. The quantitative estimate of drug-likeness (QED) is 0.0147. The zero-order chi connectivity index (χ0) is 46.4. The molecule has 0 aromatic rings. The van der Waals surface area contributed by atoms with Crippen molar-refractivity contribution in [3.05, 3.63) is 60.8 Å². The molecule has 63 heavy (non-hydrogen) atoms. The Hall–Kier alpha value is -2.45. The zero-order valence-electron chi connectivity index (χ0n) is 38.6. The van der Waals surface area contributed by atoms with E-state index in [9.17, 15) is 44.6 Å². The van der Waals surface area contributed by atoms with E-state index in [1.165, 1.54) is 77.0 Å². The number of aliphatic hydroxyl groups excluding tert-OH is 5. The molecule has 0 heterocycles. The van der Waals surface area contributed by atoms with Crippen LogP contribution < -0.4 is 0 Å². The molecule has 1 aliphatic rings.